The summed E-state index contributed by atoms with van der Waals surface area (Å²) in [5, 5.41) is 3.38. The van der Waals surface area contributed by atoms with E-state index >= 15 is 0 Å². The average Bonchev–Trinajstić information content (AvgIpc) is 3.24. The van der Waals surface area contributed by atoms with Gasteiger partial charge in [0.25, 0.3) is 0 Å². The molecular weight excluding hydrogens is 302 g/mol. The molecule has 0 radical (unpaired) electrons. The van der Waals surface area contributed by atoms with Crippen LogP contribution in [0.2, 0.25) is 0 Å². The van der Waals surface area contributed by atoms with Crippen LogP contribution in [0.5, 0.6) is 0 Å². The van der Waals surface area contributed by atoms with Crippen LogP contribution in [0, 0.1) is 11.8 Å². The van der Waals surface area contributed by atoms with Crippen molar-refractivity contribution < 1.29 is 9.53 Å². The van der Waals surface area contributed by atoms with E-state index in [9.17, 15) is 4.79 Å². The second-order valence-electron chi connectivity index (χ2n) is 7.16. The molecule has 0 aromatic carbocycles. The number of rotatable bonds is 5. The molecule has 5 nitrogen and oxygen atoms in total. The quantitative estimate of drug-likeness (QED) is 0.844. The molecule has 1 atom stereocenters. The number of nitrogens with one attached hydrogen (secondary N) is 1. The number of nitrogens with zero attached hydrogens (tertiary/aromatic N) is 2. The van der Waals surface area contributed by atoms with Crippen molar-refractivity contribution in [3.05, 3.63) is 36.5 Å². The van der Waals surface area contributed by atoms with Crippen molar-refractivity contribution in [2.75, 3.05) is 31.6 Å². The fraction of sp³-hybridized carbons (Fsp3) is 0.579. The minimum absolute atomic E-state index is 0.0898. The van der Waals surface area contributed by atoms with Crippen LogP contribution in [0.4, 0.5) is 5.82 Å². The number of allylic oxidation sites excluding steroid dienone is 2. The first-order valence-electron chi connectivity index (χ1n) is 8.99. The molecule has 4 rings (SSSR count). The number of likely N-dealkylation sites (tertiary alicyclic amines) is 1. The number of hydrogen-bond acceptors (Lipinski definition) is 4. The fourth-order valence-corrected chi connectivity index (χ4v) is 4.22. The third-order valence-electron chi connectivity index (χ3n) is 5.65. The van der Waals surface area contributed by atoms with E-state index in [1.165, 1.54) is 0 Å². The molecule has 1 amide bonds. The average molecular weight is 327 g/mol. The van der Waals surface area contributed by atoms with Crippen molar-refractivity contribution in [1.82, 2.24) is 9.88 Å². The van der Waals surface area contributed by atoms with Crippen LogP contribution in [-0.2, 0) is 9.53 Å². The SMILES string of the molecule is O=C(C1CC=CC1)N1CC2(C1)OCC[C@H]2CCNc1ccccn1. The molecule has 1 aromatic rings. The van der Waals surface area contributed by atoms with Gasteiger partial charge in [-0.1, -0.05) is 18.2 Å². The summed E-state index contributed by atoms with van der Waals surface area (Å²) >= 11 is 0. The minimum Gasteiger partial charge on any atom is -0.371 e. The van der Waals surface area contributed by atoms with Gasteiger partial charge in [0, 0.05) is 25.3 Å². The Hall–Kier alpha value is -1.88. The molecule has 2 saturated heterocycles. The second kappa shape index (κ2) is 6.55. The van der Waals surface area contributed by atoms with Crippen LogP contribution in [-0.4, -0.2) is 47.6 Å². The maximum Gasteiger partial charge on any atom is 0.226 e. The van der Waals surface area contributed by atoms with Crippen molar-refractivity contribution in [3.8, 4) is 0 Å². The van der Waals surface area contributed by atoms with Gasteiger partial charge in [0.2, 0.25) is 5.91 Å². The Bertz CT molecular complexity index is 602. The van der Waals surface area contributed by atoms with Crippen molar-refractivity contribution in [2.24, 2.45) is 11.8 Å². The highest BCUT2D eigenvalue weighted by Gasteiger charge is 2.54. The van der Waals surface area contributed by atoms with Crippen molar-refractivity contribution in [1.29, 1.82) is 0 Å². The normalized spacial score (nSPS) is 25.2. The van der Waals surface area contributed by atoms with E-state index in [0.29, 0.717) is 11.8 Å². The van der Waals surface area contributed by atoms with Crippen LogP contribution in [0.25, 0.3) is 0 Å². The zero-order valence-electron chi connectivity index (χ0n) is 14.0. The minimum atomic E-state index is -0.0898. The van der Waals surface area contributed by atoms with Gasteiger partial charge < -0.3 is 15.0 Å². The largest absolute Gasteiger partial charge is 0.371 e. The molecule has 0 unspecified atom stereocenters. The zero-order valence-corrected chi connectivity index (χ0v) is 14.0. The highest BCUT2D eigenvalue weighted by atomic mass is 16.5. The highest BCUT2D eigenvalue weighted by Crippen LogP contribution is 2.42. The van der Waals surface area contributed by atoms with E-state index in [2.05, 4.69) is 22.5 Å². The molecule has 3 heterocycles. The lowest BCUT2D eigenvalue weighted by atomic mass is 9.78. The van der Waals surface area contributed by atoms with Gasteiger partial charge in [0.05, 0.1) is 13.1 Å². The van der Waals surface area contributed by atoms with Crippen molar-refractivity contribution in [2.45, 2.75) is 31.3 Å². The predicted octanol–water partition coefficient (Wildman–Crippen LogP) is 2.47. The van der Waals surface area contributed by atoms with Gasteiger partial charge in [-0.05, 0) is 43.7 Å². The number of carbonyl (C=O) groups excluding carboxylic acids is 1. The summed E-state index contributed by atoms with van der Waals surface area (Å²) in [6, 6.07) is 5.90. The summed E-state index contributed by atoms with van der Waals surface area (Å²) in [4.78, 5) is 18.8. The van der Waals surface area contributed by atoms with E-state index in [1.54, 1.807) is 6.20 Å². The van der Waals surface area contributed by atoms with E-state index in [0.717, 1.165) is 57.7 Å². The van der Waals surface area contributed by atoms with Gasteiger partial charge in [0.1, 0.15) is 11.4 Å². The maximum atomic E-state index is 12.5. The Kier molecular flexibility index (Phi) is 4.27. The molecule has 5 heteroatoms. The number of ether oxygens (including phenoxy) is 1. The third kappa shape index (κ3) is 2.93. The van der Waals surface area contributed by atoms with Crippen LogP contribution in [0.15, 0.2) is 36.5 Å². The number of hydrogen-bond donors (Lipinski definition) is 1. The maximum absolute atomic E-state index is 12.5. The first-order chi connectivity index (χ1) is 11.8. The Morgan fingerprint density at radius 2 is 2.17 bits per heavy atom. The van der Waals surface area contributed by atoms with Crippen LogP contribution < -0.4 is 5.32 Å². The summed E-state index contributed by atoms with van der Waals surface area (Å²) in [6.45, 7) is 3.27. The van der Waals surface area contributed by atoms with E-state index in [1.807, 2.05) is 23.1 Å². The zero-order chi connectivity index (χ0) is 16.4. The molecule has 1 N–H and O–H groups in total. The molecule has 2 aliphatic heterocycles. The van der Waals surface area contributed by atoms with Crippen molar-refractivity contribution >= 4 is 11.7 Å². The second-order valence-corrected chi connectivity index (χ2v) is 7.16. The first-order valence-corrected chi connectivity index (χ1v) is 8.99. The Balaban J connectivity index is 1.27. The lowest BCUT2D eigenvalue weighted by Gasteiger charge is -2.51. The molecule has 3 aliphatic rings. The first kappa shape index (κ1) is 15.6. The lowest BCUT2D eigenvalue weighted by molar-refractivity contribution is -0.168. The predicted molar refractivity (Wildman–Crippen MR) is 92.6 cm³/mol. The molecular formula is C19H25N3O2. The summed E-state index contributed by atoms with van der Waals surface area (Å²) < 4.78 is 6.08. The molecule has 1 spiro atoms. The van der Waals surface area contributed by atoms with Crippen molar-refractivity contribution in [3.63, 3.8) is 0 Å². The number of pyridine rings is 1. The van der Waals surface area contributed by atoms with E-state index in [4.69, 9.17) is 4.74 Å². The molecule has 128 valence electrons. The van der Waals surface area contributed by atoms with E-state index in [-0.39, 0.29) is 11.5 Å². The summed E-state index contributed by atoms with van der Waals surface area (Å²) in [5.41, 5.74) is -0.0898. The number of anilines is 1. The van der Waals surface area contributed by atoms with Gasteiger partial charge in [-0.25, -0.2) is 4.98 Å². The van der Waals surface area contributed by atoms with Gasteiger partial charge in [-0.2, -0.15) is 0 Å². The molecule has 0 bridgehead atoms. The Morgan fingerprint density at radius 1 is 1.33 bits per heavy atom. The standard InChI is InChI=1S/C19H25N3O2/c23-18(15-5-1-2-6-15)22-13-19(14-22)16(9-12-24-19)8-11-21-17-7-3-4-10-20-17/h1-4,7,10,15-16H,5-6,8-9,11-14H2,(H,20,21)/t16-/m1/s1. The number of amides is 1. The monoisotopic (exact) mass is 327 g/mol. The number of carbonyl (C=O) groups is 1. The van der Waals surface area contributed by atoms with Gasteiger partial charge in [-0.3, -0.25) is 4.79 Å². The summed E-state index contributed by atoms with van der Waals surface area (Å²) in [6.07, 6.45) is 10.0. The molecule has 2 fully saturated rings. The smallest absolute Gasteiger partial charge is 0.226 e. The fourth-order valence-electron chi connectivity index (χ4n) is 4.22. The molecule has 24 heavy (non-hydrogen) atoms. The van der Waals surface area contributed by atoms with Crippen LogP contribution >= 0.6 is 0 Å². The van der Waals surface area contributed by atoms with Crippen LogP contribution in [0.1, 0.15) is 25.7 Å². The van der Waals surface area contributed by atoms with Gasteiger partial charge >= 0.3 is 0 Å². The molecule has 0 saturated carbocycles. The Morgan fingerprint density at radius 3 is 2.92 bits per heavy atom. The summed E-state index contributed by atoms with van der Waals surface area (Å²) in [5.74, 6) is 1.93. The number of aromatic nitrogens is 1. The van der Waals surface area contributed by atoms with Gasteiger partial charge in [-0.15, -0.1) is 0 Å². The lowest BCUT2D eigenvalue weighted by Crippen LogP contribution is -2.66. The molecule has 1 aromatic heterocycles. The van der Waals surface area contributed by atoms with Gasteiger partial charge in [0.15, 0.2) is 0 Å². The Labute approximate surface area is 143 Å². The van der Waals surface area contributed by atoms with Crippen LogP contribution in [0.3, 0.4) is 0 Å². The summed E-state index contributed by atoms with van der Waals surface area (Å²) in [7, 11) is 0. The van der Waals surface area contributed by atoms with E-state index < -0.39 is 0 Å². The topological polar surface area (TPSA) is 54.5 Å². The highest BCUT2D eigenvalue weighted by molar-refractivity contribution is 5.80. The molecule has 1 aliphatic carbocycles. The third-order valence-corrected chi connectivity index (χ3v) is 5.65.